The van der Waals surface area contributed by atoms with E-state index < -0.39 is 43.5 Å². The van der Waals surface area contributed by atoms with Gasteiger partial charge in [0.05, 0.1) is 0 Å². The Bertz CT molecular complexity index is 1270. The van der Waals surface area contributed by atoms with Gasteiger partial charge in [-0.05, 0) is 0 Å². The normalized spacial score (nSPS) is 23.0. The molecule has 2 unspecified atom stereocenters. The first-order chi connectivity index (χ1) is 17.3. The first-order valence-corrected chi connectivity index (χ1v) is 23.1. The molecule has 0 saturated carbocycles. The van der Waals surface area contributed by atoms with E-state index in [9.17, 15) is 0 Å². The third-order valence-corrected chi connectivity index (χ3v) is 25.4. The molecular formula is C34H38Cl2Zr2. The van der Waals surface area contributed by atoms with E-state index in [0.717, 1.165) is 0 Å². The van der Waals surface area contributed by atoms with Crippen LogP contribution in [0, 0.1) is 13.8 Å². The Labute approximate surface area is 259 Å². The second-order valence-corrected chi connectivity index (χ2v) is 25.5. The summed E-state index contributed by atoms with van der Waals surface area (Å²) < 4.78 is 9.31. The van der Waals surface area contributed by atoms with Crippen molar-refractivity contribution < 1.29 is 68.3 Å². The van der Waals surface area contributed by atoms with E-state index in [1.54, 1.807) is 17.7 Å². The van der Waals surface area contributed by atoms with Gasteiger partial charge in [0.1, 0.15) is 0 Å². The summed E-state index contributed by atoms with van der Waals surface area (Å²) in [6, 6.07) is 13.6. The summed E-state index contributed by atoms with van der Waals surface area (Å²) >= 11 is -3.21. The molecule has 0 radical (unpaired) electrons. The molecule has 6 rings (SSSR count). The topological polar surface area (TPSA) is 0 Å². The first kappa shape index (κ1) is 31.7. The molecule has 4 aliphatic rings. The third kappa shape index (κ3) is 5.68. The van der Waals surface area contributed by atoms with Gasteiger partial charge in [0.15, 0.2) is 0 Å². The van der Waals surface area contributed by atoms with Crippen LogP contribution in [-0.4, -0.2) is 0 Å². The fraction of sp³-hybridized carbons (Fsp3) is 0.294. The van der Waals surface area contributed by atoms with Gasteiger partial charge in [-0.3, -0.25) is 0 Å². The standard InChI is InChI=1S/2C11H11.2C5H5.2CH3.2ClH.2Zr/c2*1-8-4-3-5-10-9(2)6-7-11(8)10;2*1-2-4-5-3-1;;;;;;/h2*3-7H,1-2H3;2*1-3H,4H2;2*1H3;2*1H;;/q;;;;;;;;2*+1/p-2. The van der Waals surface area contributed by atoms with Gasteiger partial charge in [-0.15, -0.1) is 0 Å². The summed E-state index contributed by atoms with van der Waals surface area (Å²) in [5.41, 5.74) is 8.95. The van der Waals surface area contributed by atoms with Crippen molar-refractivity contribution in [1.82, 2.24) is 0 Å². The maximum Gasteiger partial charge on any atom is -1.00 e. The zero-order valence-electron chi connectivity index (χ0n) is 23.4. The van der Waals surface area contributed by atoms with E-state index in [1.165, 1.54) is 35.1 Å². The molecule has 0 aromatic heterocycles. The van der Waals surface area contributed by atoms with Crippen LogP contribution in [-0.2, 0) is 49.7 Å². The maximum atomic E-state index is 2.56. The third-order valence-electron chi connectivity index (χ3n) is 9.00. The van der Waals surface area contributed by atoms with Gasteiger partial charge in [0.25, 0.3) is 0 Å². The molecule has 2 atom stereocenters. The Hall–Kier alpha value is -0.774. The van der Waals surface area contributed by atoms with Crippen molar-refractivity contribution in [2.45, 2.75) is 56.0 Å². The first-order valence-electron chi connectivity index (χ1n) is 13.2. The Kier molecular flexibility index (Phi) is 10.7. The smallest absolute Gasteiger partial charge is 1.00 e. The second kappa shape index (κ2) is 12.8. The summed E-state index contributed by atoms with van der Waals surface area (Å²) in [5, 5.41) is 0. The fourth-order valence-electron chi connectivity index (χ4n) is 6.16. The summed E-state index contributed by atoms with van der Waals surface area (Å²) in [7, 11) is 0. The van der Waals surface area contributed by atoms with Crippen molar-refractivity contribution in [3.8, 4) is 0 Å². The molecule has 4 heteroatoms. The number of rotatable bonds is 4. The fourth-order valence-corrected chi connectivity index (χ4v) is 17.9. The Morgan fingerprint density at radius 1 is 0.632 bits per heavy atom. The monoisotopic (exact) mass is 696 g/mol. The quantitative estimate of drug-likeness (QED) is 0.459. The molecule has 0 nitrogen and oxygen atoms in total. The van der Waals surface area contributed by atoms with Crippen molar-refractivity contribution >= 4 is 12.2 Å². The molecule has 0 spiro atoms. The van der Waals surface area contributed by atoms with Gasteiger partial charge < -0.3 is 24.8 Å². The van der Waals surface area contributed by atoms with Crippen LogP contribution in [0.1, 0.15) is 60.1 Å². The van der Waals surface area contributed by atoms with E-state index in [-0.39, 0.29) is 24.8 Å². The van der Waals surface area contributed by atoms with Crippen molar-refractivity contribution in [2.75, 3.05) is 0 Å². The molecule has 0 bridgehead atoms. The Morgan fingerprint density at radius 3 is 1.37 bits per heavy atom. The minimum atomic E-state index is -1.60. The number of fused-ring (bicyclic) bond motifs is 2. The average Bonchev–Trinajstić information content (AvgIpc) is 3.68. The number of aryl methyl sites for hydroxylation is 2. The zero-order valence-corrected chi connectivity index (χ0v) is 29.8. The van der Waals surface area contributed by atoms with Crippen molar-refractivity contribution in [1.29, 1.82) is 0 Å². The van der Waals surface area contributed by atoms with Gasteiger partial charge in [0, 0.05) is 0 Å². The van der Waals surface area contributed by atoms with E-state index in [0.29, 0.717) is 6.25 Å². The molecule has 4 aliphatic carbocycles. The summed E-state index contributed by atoms with van der Waals surface area (Å²) in [6.07, 6.45) is 25.9. The van der Waals surface area contributed by atoms with Crippen LogP contribution in [0.15, 0.2) is 91.6 Å². The van der Waals surface area contributed by atoms with Crippen LogP contribution in [0.3, 0.4) is 0 Å². The van der Waals surface area contributed by atoms with Crippen molar-refractivity contribution in [3.63, 3.8) is 0 Å². The predicted molar refractivity (Wildman–Crippen MR) is 151 cm³/mol. The molecule has 0 N–H and O–H groups in total. The molecule has 0 saturated heterocycles. The van der Waals surface area contributed by atoms with Crippen molar-refractivity contribution in [3.05, 3.63) is 125 Å². The number of hydrogen-bond acceptors (Lipinski definition) is 0. The largest absolute Gasteiger partial charge is 1.00 e. The SMILES string of the molecule is Cc1cccc2c1C=C[C]2(C)[Zr+]([CH3])[C]1=CC=CC1.Cc1cccc2c1C=C[C]2(C)[Zr+]([CH3])[C]1=CC=CC1.[Cl-].[Cl-]. The number of hydrogen-bond donors (Lipinski definition) is 0. The number of halogens is 2. The number of benzene rings is 2. The summed E-state index contributed by atoms with van der Waals surface area (Å²) in [4.78, 5) is 0. The second-order valence-electron chi connectivity index (χ2n) is 11.0. The molecule has 0 amide bonds. The molecule has 2 aromatic carbocycles. The average molecular weight is 700 g/mol. The molecule has 0 aliphatic heterocycles. The minimum absolute atomic E-state index is 0. The van der Waals surface area contributed by atoms with Gasteiger partial charge in [-0.2, -0.15) is 0 Å². The zero-order chi connectivity index (χ0) is 25.5. The van der Waals surface area contributed by atoms with Crippen LogP contribution >= 0.6 is 0 Å². The van der Waals surface area contributed by atoms with Crippen molar-refractivity contribution in [2.24, 2.45) is 0 Å². The Balaban J connectivity index is 0.000000200. The van der Waals surface area contributed by atoms with Gasteiger partial charge >= 0.3 is 237 Å². The Morgan fingerprint density at radius 2 is 1.03 bits per heavy atom. The minimum Gasteiger partial charge on any atom is -1.00 e. The summed E-state index contributed by atoms with van der Waals surface area (Å²) in [5.74, 6) is 0. The van der Waals surface area contributed by atoms with Gasteiger partial charge in [0.2, 0.25) is 0 Å². The predicted octanol–water partition coefficient (Wildman–Crippen LogP) is 3.50. The summed E-state index contributed by atoms with van der Waals surface area (Å²) in [6.45, 7) is 9.37. The maximum absolute atomic E-state index is 2.56. The molecule has 38 heavy (non-hydrogen) atoms. The van der Waals surface area contributed by atoms with E-state index in [1.807, 2.05) is 0 Å². The molecular weight excluding hydrogens is 662 g/mol. The van der Waals surface area contributed by atoms with Gasteiger partial charge in [-0.1, -0.05) is 0 Å². The number of allylic oxidation sites excluding steroid dienone is 10. The van der Waals surface area contributed by atoms with Crippen LogP contribution < -0.4 is 24.8 Å². The van der Waals surface area contributed by atoms with E-state index >= 15 is 0 Å². The molecule has 196 valence electrons. The van der Waals surface area contributed by atoms with Crippen LogP contribution in [0.5, 0.6) is 0 Å². The molecule has 2 aromatic rings. The van der Waals surface area contributed by atoms with Crippen LogP contribution in [0.2, 0.25) is 9.26 Å². The van der Waals surface area contributed by atoms with Crippen LogP contribution in [0.25, 0.3) is 12.2 Å². The van der Waals surface area contributed by atoms with Gasteiger partial charge in [-0.25, -0.2) is 0 Å². The van der Waals surface area contributed by atoms with Crippen LogP contribution in [0.4, 0.5) is 0 Å². The molecule has 0 fully saturated rings. The van der Waals surface area contributed by atoms with E-state index in [2.05, 4.69) is 134 Å². The van der Waals surface area contributed by atoms with E-state index in [4.69, 9.17) is 0 Å². The molecule has 0 heterocycles.